The van der Waals surface area contributed by atoms with Crippen molar-refractivity contribution in [3.05, 3.63) is 23.9 Å². The molecule has 0 aromatic carbocycles. The monoisotopic (exact) mass is 359 g/mol. The maximum Gasteiger partial charge on any atom is 0.257 e. The van der Waals surface area contributed by atoms with Gasteiger partial charge in [0.05, 0.1) is 5.56 Å². The molecule has 0 radical (unpaired) electrons. The molecule has 1 aromatic rings. The predicted molar refractivity (Wildman–Crippen MR) is 101 cm³/mol. The average molecular weight is 359 g/mol. The minimum Gasteiger partial charge on any atom is -0.356 e. The lowest BCUT2D eigenvalue weighted by molar-refractivity contribution is -0.139. The van der Waals surface area contributed by atoms with Gasteiger partial charge in [0.15, 0.2) is 0 Å². The highest BCUT2D eigenvalue weighted by molar-refractivity contribution is 5.98. The third kappa shape index (κ3) is 3.67. The molecule has 3 heterocycles. The van der Waals surface area contributed by atoms with Crippen LogP contribution in [0.4, 0.5) is 5.82 Å². The number of aromatic nitrogens is 1. The van der Waals surface area contributed by atoms with Crippen molar-refractivity contribution < 1.29 is 9.59 Å². The second-order valence-electron chi connectivity index (χ2n) is 7.37. The van der Waals surface area contributed by atoms with Gasteiger partial charge in [0, 0.05) is 58.9 Å². The predicted octanol–water partition coefficient (Wildman–Crippen LogP) is 0.820. The number of likely N-dealkylation sites (tertiary alicyclic amines) is 1. The van der Waals surface area contributed by atoms with E-state index in [-0.39, 0.29) is 11.8 Å². The number of hydrogen-bond acceptors (Lipinski definition) is 5. The van der Waals surface area contributed by atoms with E-state index >= 15 is 0 Å². The fraction of sp³-hybridized carbons (Fsp3) is 0.632. The van der Waals surface area contributed by atoms with Crippen LogP contribution in [0, 0.1) is 5.92 Å². The van der Waals surface area contributed by atoms with Gasteiger partial charge in [0.2, 0.25) is 5.91 Å². The van der Waals surface area contributed by atoms with E-state index in [0.29, 0.717) is 23.9 Å². The second-order valence-corrected chi connectivity index (χ2v) is 7.37. The number of pyridine rings is 1. The number of carbonyl (C=O) groups excluding carboxylic acids is 2. The van der Waals surface area contributed by atoms with Gasteiger partial charge in [-0.05, 0) is 37.9 Å². The number of hydrogen-bond donors (Lipinski definition) is 1. The fourth-order valence-corrected chi connectivity index (χ4v) is 4.12. The van der Waals surface area contributed by atoms with E-state index in [9.17, 15) is 9.59 Å². The zero-order valence-corrected chi connectivity index (χ0v) is 15.9. The molecule has 0 saturated carbocycles. The van der Waals surface area contributed by atoms with Crippen molar-refractivity contribution in [3.8, 4) is 0 Å². The molecule has 0 aliphatic carbocycles. The van der Waals surface area contributed by atoms with Crippen LogP contribution in [0.1, 0.15) is 29.6 Å². The van der Waals surface area contributed by atoms with Crippen molar-refractivity contribution >= 4 is 17.6 Å². The van der Waals surface area contributed by atoms with Crippen molar-refractivity contribution in [1.82, 2.24) is 20.1 Å². The van der Waals surface area contributed by atoms with E-state index in [1.54, 1.807) is 25.2 Å². The summed E-state index contributed by atoms with van der Waals surface area (Å²) in [5.41, 5.74) is 0.648. The van der Waals surface area contributed by atoms with E-state index in [0.717, 1.165) is 44.8 Å². The number of piperidine rings is 2. The molecule has 2 aliphatic rings. The van der Waals surface area contributed by atoms with Crippen LogP contribution in [0.15, 0.2) is 18.3 Å². The zero-order valence-electron chi connectivity index (χ0n) is 15.9. The summed E-state index contributed by atoms with van der Waals surface area (Å²) in [4.78, 5) is 35.2. The lowest BCUT2D eigenvalue weighted by Gasteiger charge is -2.47. The molecule has 7 heteroatoms. The molecule has 2 amide bonds. The van der Waals surface area contributed by atoms with Crippen LogP contribution in [0.5, 0.6) is 0 Å². The standard InChI is InChI=1S/C19H29N5O2/c1-20-10-12-24-16-8-11-23(13-14(16)6-7-17(24)25)18-15(5-4-9-21-18)19(26)22(2)3/h4-5,9,14,16,20H,6-8,10-13H2,1-3H3/t14-,16+/m0/s1. The summed E-state index contributed by atoms with van der Waals surface area (Å²) in [7, 11) is 5.44. The van der Waals surface area contributed by atoms with Gasteiger partial charge < -0.3 is 20.0 Å². The molecular formula is C19H29N5O2. The first-order valence-corrected chi connectivity index (χ1v) is 9.38. The van der Waals surface area contributed by atoms with Gasteiger partial charge in [-0.15, -0.1) is 0 Å². The molecule has 7 nitrogen and oxygen atoms in total. The minimum atomic E-state index is -0.0234. The van der Waals surface area contributed by atoms with Crippen molar-refractivity contribution in [2.45, 2.75) is 25.3 Å². The van der Waals surface area contributed by atoms with Crippen LogP contribution in [-0.2, 0) is 4.79 Å². The van der Waals surface area contributed by atoms with Crippen molar-refractivity contribution in [3.63, 3.8) is 0 Å². The topological polar surface area (TPSA) is 68.8 Å². The highest BCUT2D eigenvalue weighted by Gasteiger charge is 2.39. The Bertz CT molecular complexity index is 663. The number of rotatable bonds is 5. The first kappa shape index (κ1) is 18.6. The molecule has 2 aliphatic heterocycles. The van der Waals surface area contributed by atoms with E-state index in [1.165, 1.54) is 0 Å². The smallest absolute Gasteiger partial charge is 0.257 e. The van der Waals surface area contributed by atoms with Gasteiger partial charge in [-0.2, -0.15) is 0 Å². The van der Waals surface area contributed by atoms with Crippen molar-refractivity contribution in [1.29, 1.82) is 0 Å². The van der Waals surface area contributed by atoms with Crippen molar-refractivity contribution in [2.24, 2.45) is 5.92 Å². The fourth-order valence-electron chi connectivity index (χ4n) is 4.12. The number of carbonyl (C=O) groups is 2. The molecule has 0 unspecified atom stereocenters. The minimum absolute atomic E-state index is 0.0234. The number of amides is 2. The maximum absolute atomic E-state index is 12.5. The SMILES string of the molecule is CNCCN1C(=O)CC[C@H]2CN(c3ncccc3C(=O)N(C)C)CC[C@H]21. The van der Waals surface area contributed by atoms with Gasteiger partial charge in [-0.1, -0.05) is 0 Å². The van der Waals surface area contributed by atoms with E-state index in [4.69, 9.17) is 0 Å². The Kier molecular flexibility index (Phi) is 5.76. The molecule has 2 fully saturated rings. The normalized spacial score (nSPS) is 23.0. The molecule has 1 N–H and O–H groups in total. The summed E-state index contributed by atoms with van der Waals surface area (Å²) in [6.07, 6.45) is 4.20. The molecule has 1 aromatic heterocycles. The number of likely N-dealkylation sites (N-methyl/N-ethyl adjacent to an activating group) is 1. The molecule has 2 saturated heterocycles. The Morgan fingerprint density at radius 2 is 2.19 bits per heavy atom. The number of nitrogens with zero attached hydrogens (tertiary/aromatic N) is 4. The van der Waals surface area contributed by atoms with Crippen LogP contribution in [0.3, 0.4) is 0 Å². The first-order valence-electron chi connectivity index (χ1n) is 9.38. The van der Waals surface area contributed by atoms with Crippen LogP contribution in [0.25, 0.3) is 0 Å². The Morgan fingerprint density at radius 3 is 2.92 bits per heavy atom. The summed E-state index contributed by atoms with van der Waals surface area (Å²) in [6, 6.07) is 3.96. The lowest BCUT2D eigenvalue weighted by atomic mass is 9.83. The Morgan fingerprint density at radius 1 is 1.38 bits per heavy atom. The summed E-state index contributed by atoms with van der Waals surface area (Å²) >= 11 is 0. The second kappa shape index (κ2) is 8.03. The molecule has 26 heavy (non-hydrogen) atoms. The van der Waals surface area contributed by atoms with Gasteiger partial charge in [0.1, 0.15) is 5.82 Å². The molecule has 0 spiro atoms. The first-order chi connectivity index (χ1) is 12.5. The third-order valence-corrected chi connectivity index (χ3v) is 5.47. The molecule has 142 valence electrons. The van der Waals surface area contributed by atoms with Crippen LogP contribution in [0.2, 0.25) is 0 Å². The third-order valence-electron chi connectivity index (χ3n) is 5.47. The molecular weight excluding hydrogens is 330 g/mol. The summed E-state index contributed by atoms with van der Waals surface area (Å²) in [6.45, 7) is 3.25. The van der Waals surface area contributed by atoms with Crippen LogP contribution < -0.4 is 10.2 Å². The summed E-state index contributed by atoms with van der Waals surface area (Å²) < 4.78 is 0. The quantitative estimate of drug-likeness (QED) is 0.843. The molecule has 3 rings (SSSR count). The van der Waals surface area contributed by atoms with Crippen LogP contribution >= 0.6 is 0 Å². The summed E-state index contributed by atoms with van der Waals surface area (Å²) in [5.74, 6) is 1.45. The van der Waals surface area contributed by atoms with Gasteiger partial charge in [-0.3, -0.25) is 9.59 Å². The Hall–Kier alpha value is -2.15. The average Bonchev–Trinajstić information content (AvgIpc) is 2.66. The highest BCUT2D eigenvalue weighted by atomic mass is 16.2. The van der Waals surface area contributed by atoms with Gasteiger partial charge >= 0.3 is 0 Å². The van der Waals surface area contributed by atoms with E-state index < -0.39 is 0 Å². The summed E-state index contributed by atoms with van der Waals surface area (Å²) in [5, 5.41) is 3.14. The van der Waals surface area contributed by atoms with E-state index in [2.05, 4.69) is 20.1 Å². The Balaban J connectivity index is 1.77. The van der Waals surface area contributed by atoms with Gasteiger partial charge in [0.25, 0.3) is 5.91 Å². The molecule has 0 bridgehead atoms. The lowest BCUT2D eigenvalue weighted by Crippen LogP contribution is -2.57. The zero-order chi connectivity index (χ0) is 18.7. The van der Waals surface area contributed by atoms with Gasteiger partial charge in [-0.25, -0.2) is 4.98 Å². The van der Waals surface area contributed by atoms with Crippen molar-refractivity contribution in [2.75, 3.05) is 52.2 Å². The number of nitrogens with one attached hydrogen (secondary N) is 1. The largest absolute Gasteiger partial charge is 0.356 e. The maximum atomic E-state index is 12.5. The highest BCUT2D eigenvalue weighted by Crippen LogP contribution is 2.33. The number of anilines is 1. The Labute approximate surface area is 155 Å². The van der Waals surface area contributed by atoms with E-state index in [1.807, 2.05) is 19.2 Å². The molecule has 2 atom stereocenters. The number of fused-ring (bicyclic) bond motifs is 1. The van der Waals surface area contributed by atoms with Crippen LogP contribution in [-0.4, -0.2) is 80.0 Å².